The molecule has 0 aliphatic rings. The Labute approximate surface area is 163 Å². The van der Waals surface area contributed by atoms with Crippen molar-refractivity contribution in [1.29, 1.82) is 0 Å². The number of esters is 1. The van der Waals surface area contributed by atoms with Crippen LogP contribution in [0.3, 0.4) is 0 Å². The molecule has 0 radical (unpaired) electrons. The molecule has 0 N–H and O–H groups in total. The second-order valence-electron chi connectivity index (χ2n) is 5.40. The van der Waals surface area contributed by atoms with Crippen LogP contribution >= 0.6 is 34.7 Å². The van der Waals surface area contributed by atoms with Crippen LogP contribution in [0.4, 0.5) is 0 Å². The standard InChI is InChI=1S/C18H14ClNO4S2/c1-11-9-25-18(20-11)26-10-14-7-15(21)16(8-23-14)24-17(22)6-12-2-4-13(19)5-3-12/h2-5,7-9H,6,10H2,1H3. The van der Waals surface area contributed by atoms with E-state index >= 15 is 0 Å². The van der Waals surface area contributed by atoms with Gasteiger partial charge in [-0.1, -0.05) is 35.5 Å². The van der Waals surface area contributed by atoms with Crippen LogP contribution in [0.5, 0.6) is 5.75 Å². The van der Waals surface area contributed by atoms with E-state index in [-0.39, 0.29) is 12.2 Å². The quantitative estimate of drug-likeness (QED) is 0.442. The zero-order valence-corrected chi connectivity index (χ0v) is 16.1. The van der Waals surface area contributed by atoms with Crippen LogP contribution in [0, 0.1) is 6.92 Å². The molecule has 134 valence electrons. The Morgan fingerprint density at radius 2 is 2.12 bits per heavy atom. The minimum Gasteiger partial charge on any atom is -0.464 e. The minimum atomic E-state index is -0.542. The van der Waals surface area contributed by atoms with Gasteiger partial charge in [0.25, 0.3) is 0 Å². The van der Waals surface area contributed by atoms with Crippen LogP contribution in [-0.4, -0.2) is 11.0 Å². The maximum atomic E-state index is 12.1. The summed E-state index contributed by atoms with van der Waals surface area (Å²) in [5, 5.41) is 2.55. The van der Waals surface area contributed by atoms with E-state index in [4.69, 9.17) is 20.8 Å². The van der Waals surface area contributed by atoms with Gasteiger partial charge in [0, 0.05) is 22.2 Å². The van der Waals surface area contributed by atoms with Crippen molar-refractivity contribution in [2.45, 2.75) is 23.4 Å². The predicted molar refractivity (Wildman–Crippen MR) is 102 cm³/mol. The van der Waals surface area contributed by atoms with Crippen molar-refractivity contribution in [3.05, 3.63) is 74.2 Å². The Kier molecular flexibility index (Phi) is 6.13. The molecule has 0 fully saturated rings. The fraction of sp³-hybridized carbons (Fsp3) is 0.167. The lowest BCUT2D eigenvalue weighted by molar-refractivity contribution is -0.133. The number of hydrogen-bond donors (Lipinski definition) is 0. The highest BCUT2D eigenvalue weighted by molar-refractivity contribution is 8.00. The number of aromatic nitrogens is 1. The third-order valence-electron chi connectivity index (χ3n) is 3.27. The van der Waals surface area contributed by atoms with Crippen LogP contribution in [0.1, 0.15) is 17.0 Å². The molecular formula is C18H14ClNO4S2. The third-order valence-corrected chi connectivity index (χ3v) is 5.69. The SMILES string of the molecule is Cc1csc(SCc2cc(=O)c(OC(=O)Cc3ccc(Cl)cc3)co2)n1. The smallest absolute Gasteiger partial charge is 0.315 e. The van der Waals surface area contributed by atoms with Crippen molar-refractivity contribution in [3.8, 4) is 5.75 Å². The first-order valence-electron chi connectivity index (χ1n) is 7.61. The number of thioether (sulfide) groups is 1. The Morgan fingerprint density at radius 1 is 1.35 bits per heavy atom. The first kappa shape index (κ1) is 18.7. The molecule has 2 aromatic heterocycles. The molecule has 0 aliphatic carbocycles. The molecule has 0 bridgehead atoms. The van der Waals surface area contributed by atoms with E-state index < -0.39 is 11.4 Å². The number of nitrogens with zero attached hydrogens (tertiary/aromatic N) is 1. The monoisotopic (exact) mass is 407 g/mol. The number of hydrogen-bond acceptors (Lipinski definition) is 7. The molecule has 0 amide bonds. The van der Waals surface area contributed by atoms with Crippen molar-refractivity contribution in [2.75, 3.05) is 0 Å². The van der Waals surface area contributed by atoms with Gasteiger partial charge in [0.2, 0.25) is 11.2 Å². The van der Waals surface area contributed by atoms with Gasteiger partial charge in [-0.15, -0.1) is 11.3 Å². The van der Waals surface area contributed by atoms with E-state index in [1.165, 1.54) is 24.1 Å². The highest BCUT2D eigenvalue weighted by Gasteiger charge is 2.12. The first-order valence-corrected chi connectivity index (χ1v) is 9.86. The molecule has 1 aromatic carbocycles. The number of benzene rings is 1. The fourth-order valence-corrected chi connectivity index (χ4v) is 3.91. The average Bonchev–Trinajstić information content (AvgIpc) is 3.03. The van der Waals surface area contributed by atoms with Crippen molar-refractivity contribution in [3.63, 3.8) is 0 Å². The number of carbonyl (C=O) groups is 1. The Balaban J connectivity index is 1.59. The molecule has 0 spiro atoms. The number of thiazole rings is 1. The lowest BCUT2D eigenvalue weighted by atomic mass is 10.1. The molecule has 3 rings (SSSR count). The molecule has 0 unspecified atom stereocenters. The zero-order chi connectivity index (χ0) is 18.5. The van der Waals surface area contributed by atoms with E-state index in [2.05, 4.69) is 4.98 Å². The molecule has 0 atom stereocenters. The largest absolute Gasteiger partial charge is 0.464 e. The molecule has 3 aromatic rings. The number of halogens is 1. The summed E-state index contributed by atoms with van der Waals surface area (Å²) in [7, 11) is 0. The van der Waals surface area contributed by atoms with E-state index in [0.717, 1.165) is 15.6 Å². The molecular weight excluding hydrogens is 394 g/mol. The average molecular weight is 408 g/mol. The first-order chi connectivity index (χ1) is 12.5. The Hall–Kier alpha value is -2.09. The van der Waals surface area contributed by atoms with E-state index in [1.807, 2.05) is 12.3 Å². The zero-order valence-electron chi connectivity index (χ0n) is 13.7. The van der Waals surface area contributed by atoms with E-state index in [1.54, 1.807) is 35.6 Å². The lowest BCUT2D eigenvalue weighted by Crippen LogP contribution is -2.16. The molecule has 26 heavy (non-hydrogen) atoms. The van der Waals surface area contributed by atoms with Gasteiger partial charge in [-0.2, -0.15) is 0 Å². The second kappa shape index (κ2) is 8.53. The van der Waals surface area contributed by atoms with Gasteiger partial charge in [0.05, 0.1) is 12.2 Å². The van der Waals surface area contributed by atoms with Crippen molar-refractivity contribution in [1.82, 2.24) is 4.98 Å². The summed E-state index contributed by atoms with van der Waals surface area (Å²) in [6, 6.07) is 8.17. The molecule has 5 nitrogen and oxygen atoms in total. The van der Waals surface area contributed by atoms with Crippen LogP contribution in [0.25, 0.3) is 0 Å². The highest BCUT2D eigenvalue weighted by Crippen LogP contribution is 2.26. The molecule has 2 heterocycles. The third kappa shape index (κ3) is 5.20. The molecule has 0 aliphatic heterocycles. The van der Waals surface area contributed by atoms with E-state index in [9.17, 15) is 9.59 Å². The van der Waals surface area contributed by atoms with Gasteiger partial charge >= 0.3 is 5.97 Å². The van der Waals surface area contributed by atoms with Gasteiger partial charge in [-0.25, -0.2) is 4.98 Å². The highest BCUT2D eigenvalue weighted by atomic mass is 35.5. The topological polar surface area (TPSA) is 69.4 Å². The summed E-state index contributed by atoms with van der Waals surface area (Å²) in [6.07, 6.45) is 1.21. The normalized spacial score (nSPS) is 10.7. The van der Waals surface area contributed by atoms with Crippen LogP contribution in [0.15, 0.2) is 55.5 Å². The maximum absolute atomic E-state index is 12.1. The minimum absolute atomic E-state index is 0.0393. The maximum Gasteiger partial charge on any atom is 0.315 e. The molecule has 0 saturated heterocycles. The summed E-state index contributed by atoms with van der Waals surface area (Å²) in [4.78, 5) is 28.4. The number of aryl methyl sites for hydroxylation is 1. The predicted octanol–water partition coefficient (Wildman–Crippen LogP) is 4.50. The van der Waals surface area contributed by atoms with E-state index in [0.29, 0.717) is 16.5 Å². The van der Waals surface area contributed by atoms with Crippen LogP contribution in [0.2, 0.25) is 5.02 Å². The van der Waals surface area contributed by atoms with Gasteiger partial charge in [0.1, 0.15) is 12.0 Å². The van der Waals surface area contributed by atoms with Crippen molar-refractivity contribution >= 4 is 40.7 Å². The lowest BCUT2D eigenvalue weighted by Gasteiger charge is -2.04. The van der Waals surface area contributed by atoms with Gasteiger partial charge in [-0.05, 0) is 24.6 Å². The molecule has 0 saturated carbocycles. The van der Waals surface area contributed by atoms with Gasteiger partial charge in [0.15, 0.2) is 4.34 Å². The van der Waals surface area contributed by atoms with Crippen LogP contribution in [-0.2, 0) is 17.0 Å². The summed E-state index contributed by atoms with van der Waals surface area (Å²) in [5.74, 6) is 0.300. The fourth-order valence-electron chi connectivity index (χ4n) is 2.05. The molecule has 8 heteroatoms. The Bertz CT molecular complexity index is 966. The summed E-state index contributed by atoms with van der Waals surface area (Å²) >= 11 is 8.83. The summed E-state index contributed by atoms with van der Waals surface area (Å²) in [6.45, 7) is 1.92. The summed E-state index contributed by atoms with van der Waals surface area (Å²) in [5.41, 5.74) is 1.31. The van der Waals surface area contributed by atoms with Crippen LogP contribution < -0.4 is 10.2 Å². The van der Waals surface area contributed by atoms with Gasteiger partial charge < -0.3 is 9.15 Å². The van der Waals surface area contributed by atoms with Gasteiger partial charge in [-0.3, -0.25) is 9.59 Å². The van der Waals surface area contributed by atoms with Crippen molar-refractivity contribution < 1.29 is 13.9 Å². The number of ether oxygens (including phenoxy) is 1. The second-order valence-corrected chi connectivity index (χ2v) is 7.91. The van der Waals surface area contributed by atoms with Crippen molar-refractivity contribution in [2.24, 2.45) is 0 Å². The number of rotatable bonds is 6. The Morgan fingerprint density at radius 3 is 2.77 bits per heavy atom. The number of carbonyl (C=O) groups excluding carboxylic acids is 1. The summed E-state index contributed by atoms with van der Waals surface area (Å²) < 4.78 is 11.4.